The highest BCUT2D eigenvalue weighted by molar-refractivity contribution is 9.10. The molecule has 0 bridgehead atoms. The number of carbonyl (C=O) groups is 1. The van der Waals surface area contributed by atoms with Crippen LogP contribution in [-0.4, -0.2) is 16.4 Å². The van der Waals surface area contributed by atoms with Crippen molar-refractivity contribution < 1.29 is 9.53 Å². The molecular weight excluding hydrogens is 220 g/mol. The number of unbranched alkanes of at least 4 members (excludes halogenated alkanes) is 2. The number of hydrogen-bond acceptors (Lipinski definition) is 2. The Kier molecular flexibility index (Phi) is 3.16. The number of halogens is 1. The Labute approximate surface area is 81.8 Å². The van der Waals surface area contributed by atoms with E-state index in [4.69, 9.17) is 4.74 Å². The number of esters is 1. The van der Waals surface area contributed by atoms with Crippen molar-refractivity contribution in [1.82, 2.24) is 0 Å². The van der Waals surface area contributed by atoms with Crippen LogP contribution in [-0.2, 0) is 9.53 Å². The highest BCUT2D eigenvalue weighted by Crippen LogP contribution is 2.37. The van der Waals surface area contributed by atoms with Gasteiger partial charge in [0.15, 0.2) is 4.83 Å². The van der Waals surface area contributed by atoms with Gasteiger partial charge in [0.05, 0.1) is 0 Å². The second-order valence-corrected chi connectivity index (χ2v) is 4.47. The first-order valence-electron chi connectivity index (χ1n) is 4.47. The van der Waals surface area contributed by atoms with Crippen molar-refractivity contribution in [3.05, 3.63) is 0 Å². The molecule has 1 aliphatic rings. The standard InChI is InChI=1S/C9H15BrO2/c1-3-4-5-6-9(2)7(10)8(11)12-9/h7H,3-6H2,1-2H3/t7-,9-/m1/s1. The molecule has 1 heterocycles. The van der Waals surface area contributed by atoms with E-state index in [1.165, 1.54) is 12.8 Å². The lowest BCUT2D eigenvalue weighted by molar-refractivity contribution is -0.185. The SMILES string of the molecule is CCCCC[C@@]1(C)OC(=O)[C@H]1Br. The predicted molar refractivity (Wildman–Crippen MR) is 51.4 cm³/mol. The van der Waals surface area contributed by atoms with Crippen molar-refractivity contribution in [2.75, 3.05) is 0 Å². The molecule has 0 aliphatic carbocycles. The van der Waals surface area contributed by atoms with Crippen LogP contribution >= 0.6 is 15.9 Å². The molecule has 0 aromatic carbocycles. The minimum atomic E-state index is -0.230. The first-order chi connectivity index (χ1) is 5.60. The fourth-order valence-electron chi connectivity index (χ4n) is 1.43. The molecule has 12 heavy (non-hydrogen) atoms. The highest BCUT2D eigenvalue weighted by Gasteiger charge is 2.50. The zero-order valence-electron chi connectivity index (χ0n) is 7.60. The quantitative estimate of drug-likeness (QED) is 0.425. The summed E-state index contributed by atoms with van der Waals surface area (Å²) >= 11 is 3.33. The van der Waals surface area contributed by atoms with Crippen LogP contribution in [0.1, 0.15) is 39.5 Å². The van der Waals surface area contributed by atoms with E-state index < -0.39 is 0 Å². The van der Waals surface area contributed by atoms with E-state index in [1.807, 2.05) is 6.92 Å². The van der Waals surface area contributed by atoms with Crippen molar-refractivity contribution in [3.8, 4) is 0 Å². The second kappa shape index (κ2) is 3.77. The lowest BCUT2D eigenvalue weighted by atomic mass is 9.90. The molecule has 0 unspecified atom stereocenters. The number of carbonyl (C=O) groups excluding carboxylic acids is 1. The smallest absolute Gasteiger partial charge is 0.324 e. The molecule has 1 aliphatic heterocycles. The van der Waals surface area contributed by atoms with Crippen molar-refractivity contribution in [3.63, 3.8) is 0 Å². The molecule has 1 fully saturated rings. The summed E-state index contributed by atoms with van der Waals surface area (Å²) in [6, 6.07) is 0. The van der Waals surface area contributed by atoms with Crippen molar-refractivity contribution in [2.24, 2.45) is 0 Å². The average Bonchev–Trinajstić information content (AvgIpc) is 2.05. The molecule has 1 saturated heterocycles. The van der Waals surface area contributed by atoms with Gasteiger partial charge in [-0.1, -0.05) is 35.7 Å². The molecular formula is C9H15BrO2. The summed E-state index contributed by atoms with van der Waals surface area (Å²) in [5.74, 6) is -0.117. The zero-order valence-corrected chi connectivity index (χ0v) is 9.19. The van der Waals surface area contributed by atoms with Gasteiger partial charge < -0.3 is 4.74 Å². The first kappa shape index (κ1) is 10.0. The molecule has 1 rings (SSSR count). The first-order valence-corrected chi connectivity index (χ1v) is 5.38. The summed E-state index contributed by atoms with van der Waals surface area (Å²) in [5, 5.41) is 0. The molecule has 3 heteroatoms. The Hall–Kier alpha value is -0.0500. The molecule has 0 spiro atoms. The Bertz CT molecular complexity index is 181. The maximum absolute atomic E-state index is 10.8. The Balaban J connectivity index is 2.27. The maximum atomic E-state index is 10.8. The van der Waals surface area contributed by atoms with Crippen LogP contribution in [0.15, 0.2) is 0 Å². The van der Waals surface area contributed by atoms with E-state index in [-0.39, 0.29) is 16.4 Å². The van der Waals surface area contributed by atoms with Crippen molar-refractivity contribution >= 4 is 21.9 Å². The van der Waals surface area contributed by atoms with Gasteiger partial charge in [-0.25, -0.2) is 0 Å². The van der Waals surface area contributed by atoms with Gasteiger partial charge in [0.25, 0.3) is 0 Å². The molecule has 0 aromatic heterocycles. The molecule has 0 aromatic rings. The van der Waals surface area contributed by atoms with E-state index in [1.54, 1.807) is 0 Å². The van der Waals surface area contributed by atoms with Crippen molar-refractivity contribution in [2.45, 2.75) is 50.0 Å². The number of hydrogen-bond donors (Lipinski definition) is 0. The number of rotatable bonds is 4. The minimum Gasteiger partial charge on any atom is -0.457 e. The Morgan fingerprint density at radius 3 is 2.67 bits per heavy atom. The van der Waals surface area contributed by atoms with Crippen LogP contribution in [0.4, 0.5) is 0 Å². The average molecular weight is 235 g/mol. The van der Waals surface area contributed by atoms with Crippen LogP contribution < -0.4 is 0 Å². The summed E-state index contributed by atoms with van der Waals surface area (Å²) in [6.07, 6.45) is 4.54. The molecule has 0 N–H and O–H groups in total. The number of alkyl halides is 1. The van der Waals surface area contributed by atoms with E-state index in [0.29, 0.717) is 0 Å². The topological polar surface area (TPSA) is 26.3 Å². The highest BCUT2D eigenvalue weighted by atomic mass is 79.9. The third kappa shape index (κ3) is 1.82. The van der Waals surface area contributed by atoms with Crippen LogP contribution in [0.3, 0.4) is 0 Å². The summed E-state index contributed by atoms with van der Waals surface area (Å²) in [5.41, 5.74) is -0.230. The fraction of sp³-hybridized carbons (Fsp3) is 0.889. The summed E-state index contributed by atoms with van der Waals surface area (Å²) in [7, 11) is 0. The minimum absolute atomic E-state index is 0.0816. The van der Waals surface area contributed by atoms with Gasteiger partial charge in [0.2, 0.25) is 0 Å². The monoisotopic (exact) mass is 234 g/mol. The Morgan fingerprint density at radius 2 is 2.25 bits per heavy atom. The van der Waals surface area contributed by atoms with Gasteiger partial charge in [0, 0.05) is 0 Å². The van der Waals surface area contributed by atoms with Gasteiger partial charge in [-0.15, -0.1) is 0 Å². The number of cyclic esters (lactones) is 1. The molecule has 0 saturated carbocycles. The second-order valence-electron chi connectivity index (χ2n) is 3.55. The van der Waals surface area contributed by atoms with E-state index >= 15 is 0 Å². The zero-order chi connectivity index (χ0) is 9.19. The van der Waals surface area contributed by atoms with E-state index in [2.05, 4.69) is 22.9 Å². The molecule has 70 valence electrons. The Morgan fingerprint density at radius 1 is 1.58 bits per heavy atom. The van der Waals surface area contributed by atoms with Gasteiger partial charge in [-0.05, 0) is 19.8 Å². The third-order valence-electron chi connectivity index (χ3n) is 2.35. The largest absolute Gasteiger partial charge is 0.457 e. The fourth-order valence-corrected chi connectivity index (χ4v) is 1.84. The molecule has 2 atom stereocenters. The number of ether oxygens (including phenoxy) is 1. The van der Waals surface area contributed by atoms with Gasteiger partial charge in [-0.3, -0.25) is 4.79 Å². The maximum Gasteiger partial charge on any atom is 0.324 e. The molecule has 0 amide bonds. The van der Waals surface area contributed by atoms with Gasteiger partial charge in [-0.2, -0.15) is 0 Å². The van der Waals surface area contributed by atoms with Crippen LogP contribution in [0.2, 0.25) is 0 Å². The van der Waals surface area contributed by atoms with Crippen LogP contribution in [0, 0.1) is 0 Å². The lowest BCUT2D eigenvalue weighted by Crippen LogP contribution is -2.56. The van der Waals surface area contributed by atoms with Crippen LogP contribution in [0.25, 0.3) is 0 Å². The molecule has 0 radical (unpaired) electrons. The third-order valence-corrected chi connectivity index (χ3v) is 3.70. The predicted octanol–water partition coefficient (Wildman–Crippen LogP) is 2.65. The normalized spacial score (nSPS) is 34.2. The van der Waals surface area contributed by atoms with Crippen molar-refractivity contribution in [1.29, 1.82) is 0 Å². The summed E-state index contributed by atoms with van der Waals surface area (Å²) in [6.45, 7) is 4.16. The van der Waals surface area contributed by atoms with Crippen LogP contribution in [0.5, 0.6) is 0 Å². The van der Waals surface area contributed by atoms with Gasteiger partial charge >= 0.3 is 5.97 Å². The van der Waals surface area contributed by atoms with E-state index in [0.717, 1.165) is 12.8 Å². The summed E-state index contributed by atoms with van der Waals surface area (Å²) in [4.78, 5) is 10.7. The van der Waals surface area contributed by atoms with Gasteiger partial charge in [0.1, 0.15) is 5.60 Å². The summed E-state index contributed by atoms with van der Waals surface area (Å²) < 4.78 is 5.10. The van der Waals surface area contributed by atoms with E-state index in [9.17, 15) is 4.79 Å². The lowest BCUT2D eigenvalue weighted by Gasteiger charge is -2.42. The molecule has 2 nitrogen and oxygen atoms in total.